The van der Waals surface area contributed by atoms with Gasteiger partial charge in [0.15, 0.2) is 5.75 Å². The molecule has 16 heavy (non-hydrogen) atoms. The van der Waals surface area contributed by atoms with Crippen LogP contribution in [0.3, 0.4) is 0 Å². The number of aromatic nitrogens is 2. The summed E-state index contributed by atoms with van der Waals surface area (Å²) in [5.41, 5.74) is 0. The van der Waals surface area contributed by atoms with Gasteiger partial charge in [-0.25, -0.2) is 0 Å². The fourth-order valence-electron chi connectivity index (χ4n) is 1.14. The molecule has 0 aromatic carbocycles. The van der Waals surface area contributed by atoms with Gasteiger partial charge < -0.3 is 14.2 Å². The smallest absolute Gasteiger partial charge is 0.157 e. The van der Waals surface area contributed by atoms with Gasteiger partial charge in [-0.2, -0.15) is 5.10 Å². The second-order valence-electron chi connectivity index (χ2n) is 3.70. The summed E-state index contributed by atoms with van der Waals surface area (Å²) in [7, 11) is 1.65. The molecule has 0 aliphatic rings. The average Bonchev–Trinajstić information content (AvgIpc) is 2.72. The summed E-state index contributed by atoms with van der Waals surface area (Å²) in [4.78, 5) is 0. The van der Waals surface area contributed by atoms with Crippen LogP contribution in [-0.4, -0.2) is 43.3 Å². The van der Waals surface area contributed by atoms with Crippen LogP contribution in [0.5, 0.6) is 5.75 Å². The van der Waals surface area contributed by atoms with Crippen molar-refractivity contribution >= 4 is 0 Å². The first-order chi connectivity index (χ1) is 7.74. The molecule has 0 amide bonds. The van der Waals surface area contributed by atoms with Gasteiger partial charge in [0, 0.05) is 13.2 Å². The highest BCUT2D eigenvalue weighted by Crippen LogP contribution is 2.11. The van der Waals surface area contributed by atoms with Gasteiger partial charge in [0.2, 0.25) is 0 Å². The lowest BCUT2D eigenvalue weighted by atomic mass is 10.4. The highest BCUT2D eigenvalue weighted by atomic mass is 16.5. The first kappa shape index (κ1) is 13.0. The number of ether oxygens (including phenoxy) is 3. The molecule has 5 heteroatoms. The van der Waals surface area contributed by atoms with E-state index in [2.05, 4.69) is 18.9 Å². The second kappa shape index (κ2) is 7.24. The summed E-state index contributed by atoms with van der Waals surface area (Å²) in [6.07, 6.45) is 3.61. The standard InChI is InChI=1S/C11H20N2O3/c1-10(2)13-9-11(8-12-13)16-7-6-15-5-4-14-3/h8-10H,4-7H2,1-3H3. The first-order valence-electron chi connectivity index (χ1n) is 5.47. The van der Waals surface area contributed by atoms with E-state index in [-0.39, 0.29) is 0 Å². The molecule has 1 heterocycles. The summed E-state index contributed by atoms with van der Waals surface area (Å²) >= 11 is 0. The third kappa shape index (κ3) is 4.63. The number of methoxy groups -OCH3 is 1. The third-order valence-electron chi connectivity index (χ3n) is 2.04. The topological polar surface area (TPSA) is 45.5 Å². The molecule has 1 aromatic heterocycles. The van der Waals surface area contributed by atoms with Gasteiger partial charge in [0.1, 0.15) is 6.61 Å². The minimum Gasteiger partial charge on any atom is -0.488 e. The average molecular weight is 228 g/mol. The van der Waals surface area contributed by atoms with Crippen LogP contribution in [0.25, 0.3) is 0 Å². The van der Waals surface area contributed by atoms with Gasteiger partial charge in [-0.05, 0) is 13.8 Å². The Morgan fingerprint density at radius 2 is 2.00 bits per heavy atom. The van der Waals surface area contributed by atoms with Gasteiger partial charge in [-0.15, -0.1) is 0 Å². The zero-order valence-corrected chi connectivity index (χ0v) is 10.2. The Bertz CT molecular complexity index is 287. The SMILES string of the molecule is COCCOCCOc1cnn(C(C)C)c1. The maximum absolute atomic E-state index is 5.47. The van der Waals surface area contributed by atoms with E-state index in [1.54, 1.807) is 13.3 Å². The Labute approximate surface area is 96.3 Å². The Kier molecular flexibility index (Phi) is 5.88. The molecule has 5 nitrogen and oxygen atoms in total. The predicted molar refractivity (Wildman–Crippen MR) is 60.8 cm³/mol. The molecule has 1 rings (SSSR count). The van der Waals surface area contributed by atoms with Gasteiger partial charge in [0.05, 0.1) is 32.2 Å². The molecule has 1 aromatic rings. The summed E-state index contributed by atoms with van der Waals surface area (Å²) in [6.45, 7) is 6.47. The highest BCUT2D eigenvalue weighted by molar-refractivity contribution is 5.11. The lowest BCUT2D eigenvalue weighted by Crippen LogP contribution is -2.09. The highest BCUT2D eigenvalue weighted by Gasteiger charge is 2.01. The first-order valence-corrected chi connectivity index (χ1v) is 5.47. The van der Waals surface area contributed by atoms with Crippen LogP contribution < -0.4 is 4.74 Å². The van der Waals surface area contributed by atoms with E-state index in [1.807, 2.05) is 10.9 Å². The van der Waals surface area contributed by atoms with Gasteiger partial charge >= 0.3 is 0 Å². The Morgan fingerprint density at radius 3 is 2.62 bits per heavy atom. The Balaban J connectivity index is 2.12. The molecule has 92 valence electrons. The van der Waals surface area contributed by atoms with Crippen molar-refractivity contribution in [3.63, 3.8) is 0 Å². The van der Waals surface area contributed by atoms with E-state index in [4.69, 9.17) is 14.2 Å². The maximum Gasteiger partial charge on any atom is 0.157 e. The molecule has 0 atom stereocenters. The van der Waals surface area contributed by atoms with Gasteiger partial charge in [-0.3, -0.25) is 4.68 Å². The molecule has 0 bridgehead atoms. The number of hydrogen-bond acceptors (Lipinski definition) is 4. The quantitative estimate of drug-likeness (QED) is 0.633. The van der Waals surface area contributed by atoms with Crippen LogP contribution in [-0.2, 0) is 9.47 Å². The van der Waals surface area contributed by atoms with Gasteiger partial charge in [0.25, 0.3) is 0 Å². The van der Waals surface area contributed by atoms with E-state index in [0.29, 0.717) is 32.5 Å². The van der Waals surface area contributed by atoms with Crippen molar-refractivity contribution < 1.29 is 14.2 Å². The lowest BCUT2D eigenvalue weighted by Gasteiger charge is -2.05. The molecule has 0 N–H and O–H groups in total. The number of rotatable bonds is 8. The zero-order chi connectivity index (χ0) is 11.8. The number of hydrogen-bond donors (Lipinski definition) is 0. The van der Waals surface area contributed by atoms with E-state index >= 15 is 0 Å². The van der Waals surface area contributed by atoms with E-state index in [1.165, 1.54) is 0 Å². The second-order valence-corrected chi connectivity index (χ2v) is 3.70. The molecule has 0 radical (unpaired) electrons. The Hall–Kier alpha value is -1.07. The van der Waals surface area contributed by atoms with Crippen molar-refractivity contribution in [2.45, 2.75) is 19.9 Å². The van der Waals surface area contributed by atoms with Crippen molar-refractivity contribution in [2.75, 3.05) is 33.5 Å². The summed E-state index contributed by atoms with van der Waals surface area (Å²) < 4.78 is 17.5. The van der Waals surface area contributed by atoms with Crippen LogP contribution in [0, 0.1) is 0 Å². The molecular weight excluding hydrogens is 208 g/mol. The fourth-order valence-corrected chi connectivity index (χ4v) is 1.14. The molecular formula is C11H20N2O3. The predicted octanol–water partition coefficient (Wildman–Crippen LogP) is 1.51. The summed E-state index contributed by atoms with van der Waals surface area (Å²) in [5, 5.41) is 4.17. The van der Waals surface area contributed by atoms with Crippen LogP contribution >= 0.6 is 0 Å². The minimum atomic E-state index is 0.357. The minimum absolute atomic E-state index is 0.357. The molecule has 0 saturated heterocycles. The van der Waals surface area contributed by atoms with Crippen LogP contribution in [0.4, 0.5) is 0 Å². The van der Waals surface area contributed by atoms with Crippen molar-refractivity contribution in [2.24, 2.45) is 0 Å². The van der Waals surface area contributed by atoms with Crippen LogP contribution in [0.1, 0.15) is 19.9 Å². The third-order valence-corrected chi connectivity index (χ3v) is 2.04. The summed E-state index contributed by atoms with van der Waals surface area (Å²) in [6, 6.07) is 0.357. The van der Waals surface area contributed by atoms with E-state index in [0.717, 1.165) is 5.75 Å². The van der Waals surface area contributed by atoms with Crippen molar-refractivity contribution in [3.05, 3.63) is 12.4 Å². The Morgan fingerprint density at radius 1 is 1.25 bits per heavy atom. The molecule has 0 unspecified atom stereocenters. The molecule has 0 aliphatic carbocycles. The van der Waals surface area contributed by atoms with Crippen molar-refractivity contribution in [1.82, 2.24) is 9.78 Å². The van der Waals surface area contributed by atoms with Crippen LogP contribution in [0.15, 0.2) is 12.4 Å². The largest absolute Gasteiger partial charge is 0.488 e. The van der Waals surface area contributed by atoms with Crippen molar-refractivity contribution in [1.29, 1.82) is 0 Å². The molecule has 0 aliphatic heterocycles. The molecule has 0 saturated carbocycles. The van der Waals surface area contributed by atoms with Gasteiger partial charge in [-0.1, -0.05) is 0 Å². The monoisotopic (exact) mass is 228 g/mol. The van der Waals surface area contributed by atoms with E-state index < -0.39 is 0 Å². The normalized spacial score (nSPS) is 11.0. The van der Waals surface area contributed by atoms with E-state index in [9.17, 15) is 0 Å². The summed E-state index contributed by atoms with van der Waals surface area (Å²) in [5.74, 6) is 0.782. The van der Waals surface area contributed by atoms with Crippen molar-refractivity contribution in [3.8, 4) is 5.75 Å². The van der Waals surface area contributed by atoms with Crippen LogP contribution in [0.2, 0.25) is 0 Å². The maximum atomic E-state index is 5.47. The lowest BCUT2D eigenvalue weighted by molar-refractivity contribution is 0.0544. The molecule has 0 fully saturated rings. The molecule has 0 spiro atoms. The fraction of sp³-hybridized carbons (Fsp3) is 0.727. The zero-order valence-electron chi connectivity index (χ0n) is 10.2. The number of nitrogens with zero attached hydrogens (tertiary/aromatic N) is 2.